The van der Waals surface area contributed by atoms with Crippen molar-refractivity contribution in [3.8, 4) is 5.75 Å². The fourth-order valence-corrected chi connectivity index (χ4v) is 5.85. The Morgan fingerprint density at radius 3 is 2.37 bits per heavy atom. The number of para-hydroxylation sites is 1. The fraction of sp³-hybridized carbons (Fsp3) is 0.441. The Morgan fingerprint density at radius 1 is 0.976 bits per heavy atom. The van der Waals surface area contributed by atoms with Crippen molar-refractivity contribution in [1.29, 1.82) is 0 Å². The van der Waals surface area contributed by atoms with Crippen LogP contribution in [0.5, 0.6) is 5.75 Å². The van der Waals surface area contributed by atoms with E-state index in [2.05, 4.69) is 48.5 Å². The number of benzene rings is 2. The molecule has 1 saturated carbocycles. The average molecular weight is 555 g/mol. The number of ether oxygens (including phenoxy) is 1. The topological polar surface area (TPSA) is 83.6 Å². The molecule has 2 heterocycles. The van der Waals surface area contributed by atoms with E-state index in [0.717, 1.165) is 37.0 Å². The summed E-state index contributed by atoms with van der Waals surface area (Å²) < 4.78 is 6.16. The molecule has 1 aromatic heterocycles. The Labute approximate surface area is 243 Å². The number of aromatic nitrogens is 1. The molecule has 7 nitrogen and oxygen atoms in total. The van der Waals surface area contributed by atoms with E-state index in [0.29, 0.717) is 24.2 Å². The fourth-order valence-electron chi connectivity index (χ4n) is 5.85. The number of carbonyl (C=O) groups is 2. The molecule has 1 saturated heterocycles. The monoisotopic (exact) mass is 554 g/mol. The quantitative estimate of drug-likeness (QED) is 0.373. The molecule has 7 heteroatoms. The van der Waals surface area contributed by atoms with E-state index in [9.17, 15) is 9.59 Å². The highest BCUT2D eigenvalue weighted by molar-refractivity contribution is 6.04. The van der Waals surface area contributed by atoms with Crippen LogP contribution in [-0.2, 0) is 15.0 Å². The van der Waals surface area contributed by atoms with Gasteiger partial charge < -0.3 is 15.4 Å². The van der Waals surface area contributed by atoms with Crippen molar-refractivity contribution in [1.82, 2.24) is 15.6 Å². The summed E-state index contributed by atoms with van der Waals surface area (Å²) in [6.07, 6.45) is 9.07. The molecule has 5 rings (SSSR count). The molecule has 3 unspecified atom stereocenters. The second-order valence-corrected chi connectivity index (χ2v) is 12.3. The number of hydrogen-bond donors (Lipinski definition) is 2. The normalized spacial score (nSPS) is 20.3. The van der Waals surface area contributed by atoms with E-state index in [1.165, 1.54) is 6.42 Å². The van der Waals surface area contributed by atoms with Crippen LogP contribution in [0.1, 0.15) is 76.5 Å². The second-order valence-electron chi connectivity index (χ2n) is 12.3. The van der Waals surface area contributed by atoms with Crippen molar-refractivity contribution < 1.29 is 14.3 Å². The minimum atomic E-state index is -0.852. The van der Waals surface area contributed by atoms with Crippen LogP contribution in [0, 0.1) is 0 Å². The number of nitrogens with zero attached hydrogens (tertiary/aromatic N) is 2. The number of carbonyl (C=O) groups excluding carboxylic acids is 2. The number of nitrogens with one attached hydrogen (secondary N) is 2. The first kappa shape index (κ1) is 28.8. The van der Waals surface area contributed by atoms with E-state index in [4.69, 9.17) is 4.74 Å². The van der Waals surface area contributed by atoms with Crippen molar-refractivity contribution >= 4 is 17.5 Å². The Morgan fingerprint density at radius 2 is 1.71 bits per heavy atom. The maximum atomic E-state index is 14.4. The van der Waals surface area contributed by atoms with Gasteiger partial charge in [0.2, 0.25) is 11.8 Å². The van der Waals surface area contributed by atoms with Gasteiger partial charge in [0.05, 0.1) is 6.04 Å². The molecule has 0 bridgehead atoms. The summed E-state index contributed by atoms with van der Waals surface area (Å²) in [5.74, 6) is 0.454. The Bertz CT molecular complexity index is 1290. The molecule has 2 aliphatic rings. The lowest BCUT2D eigenvalue weighted by atomic mass is 9.87. The van der Waals surface area contributed by atoms with Gasteiger partial charge in [0, 0.05) is 42.7 Å². The molecule has 2 fully saturated rings. The van der Waals surface area contributed by atoms with E-state index < -0.39 is 12.1 Å². The smallest absolute Gasteiger partial charge is 0.248 e. The van der Waals surface area contributed by atoms with E-state index in [-0.39, 0.29) is 29.4 Å². The van der Waals surface area contributed by atoms with Crippen LogP contribution in [0.3, 0.4) is 0 Å². The third-order valence-electron chi connectivity index (χ3n) is 8.14. The van der Waals surface area contributed by atoms with Gasteiger partial charge in [-0.1, -0.05) is 76.4 Å². The summed E-state index contributed by atoms with van der Waals surface area (Å²) in [5.41, 5.74) is 2.49. The van der Waals surface area contributed by atoms with Crippen LogP contribution < -0.4 is 20.3 Å². The van der Waals surface area contributed by atoms with Gasteiger partial charge in [-0.3, -0.25) is 19.5 Å². The Hall–Kier alpha value is -3.71. The molecule has 0 radical (unpaired) electrons. The minimum absolute atomic E-state index is 0.0382. The zero-order chi connectivity index (χ0) is 28.8. The molecule has 3 aromatic rings. The van der Waals surface area contributed by atoms with Gasteiger partial charge in [-0.2, -0.15) is 0 Å². The van der Waals surface area contributed by atoms with E-state index in [1.807, 2.05) is 54.6 Å². The SMILES string of the molecule is CC(C)(C)c1ccc(N(C(=O)C2CC(Oc3ccccc3)CN2)C(C(=O)NC2CCCCC2)c2cccnc2)cc1. The minimum Gasteiger partial charge on any atom is -0.489 e. The first-order valence-electron chi connectivity index (χ1n) is 14.9. The summed E-state index contributed by atoms with van der Waals surface area (Å²) in [4.78, 5) is 34.5. The molecule has 41 heavy (non-hydrogen) atoms. The first-order valence-corrected chi connectivity index (χ1v) is 14.9. The second kappa shape index (κ2) is 12.9. The van der Waals surface area contributed by atoms with Crippen molar-refractivity contribution in [2.45, 2.75) is 88.9 Å². The maximum absolute atomic E-state index is 14.4. The Kier molecular flexibility index (Phi) is 9.03. The van der Waals surface area contributed by atoms with Crippen molar-refractivity contribution in [2.24, 2.45) is 0 Å². The maximum Gasteiger partial charge on any atom is 0.248 e. The summed E-state index contributed by atoms with van der Waals surface area (Å²) >= 11 is 0. The van der Waals surface area contributed by atoms with Gasteiger partial charge in [-0.05, 0) is 54.2 Å². The van der Waals surface area contributed by atoms with Crippen LogP contribution in [0.25, 0.3) is 0 Å². The zero-order valence-corrected chi connectivity index (χ0v) is 24.4. The summed E-state index contributed by atoms with van der Waals surface area (Å²) in [7, 11) is 0. The van der Waals surface area contributed by atoms with E-state index in [1.54, 1.807) is 17.3 Å². The average Bonchev–Trinajstić information content (AvgIpc) is 3.45. The molecule has 1 aliphatic carbocycles. The number of pyridine rings is 1. The molecule has 2 aromatic carbocycles. The van der Waals surface area contributed by atoms with Gasteiger partial charge in [0.25, 0.3) is 0 Å². The van der Waals surface area contributed by atoms with Crippen LogP contribution in [-0.4, -0.2) is 41.5 Å². The van der Waals surface area contributed by atoms with Gasteiger partial charge in [0.15, 0.2) is 0 Å². The van der Waals surface area contributed by atoms with Gasteiger partial charge >= 0.3 is 0 Å². The largest absolute Gasteiger partial charge is 0.489 e. The van der Waals surface area contributed by atoms with Crippen molar-refractivity contribution in [3.63, 3.8) is 0 Å². The first-order chi connectivity index (χ1) is 19.8. The number of anilines is 1. The van der Waals surface area contributed by atoms with Crippen LogP contribution in [0.2, 0.25) is 0 Å². The highest BCUT2D eigenvalue weighted by atomic mass is 16.5. The molecule has 1 aliphatic heterocycles. The molecule has 2 N–H and O–H groups in total. The van der Waals surface area contributed by atoms with Crippen LogP contribution >= 0.6 is 0 Å². The van der Waals surface area contributed by atoms with E-state index >= 15 is 0 Å². The third-order valence-corrected chi connectivity index (χ3v) is 8.14. The number of rotatable bonds is 8. The highest BCUT2D eigenvalue weighted by Crippen LogP contribution is 2.33. The summed E-state index contributed by atoms with van der Waals surface area (Å²) in [5, 5.41) is 6.66. The lowest BCUT2D eigenvalue weighted by molar-refractivity contribution is -0.128. The molecular formula is C34H42N4O3. The highest BCUT2D eigenvalue weighted by Gasteiger charge is 2.40. The van der Waals surface area contributed by atoms with Gasteiger partial charge in [-0.25, -0.2) is 0 Å². The molecule has 3 atom stereocenters. The lowest BCUT2D eigenvalue weighted by Crippen LogP contribution is -2.51. The van der Waals surface area contributed by atoms with Crippen molar-refractivity contribution in [3.05, 3.63) is 90.3 Å². The molecule has 0 spiro atoms. The van der Waals surface area contributed by atoms with Crippen molar-refractivity contribution in [2.75, 3.05) is 11.4 Å². The molecule has 2 amide bonds. The zero-order valence-electron chi connectivity index (χ0n) is 24.4. The summed E-state index contributed by atoms with van der Waals surface area (Å²) in [6.45, 7) is 7.04. The predicted molar refractivity (Wildman–Crippen MR) is 162 cm³/mol. The predicted octanol–water partition coefficient (Wildman–Crippen LogP) is 5.71. The third kappa shape index (κ3) is 7.14. The number of amides is 2. The lowest BCUT2D eigenvalue weighted by Gasteiger charge is -2.35. The standard InChI is InChI=1S/C34H42N4O3/c1-34(2,3)25-16-18-27(19-17-25)38(33(40)30-21-29(23-36-30)41-28-14-8-5-9-15-28)31(24-11-10-20-35-22-24)32(39)37-26-12-6-4-7-13-26/h5,8-11,14-20,22,26,29-31,36H,4,6-7,12-13,21,23H2,1-3H3,(H,37,39). The van der Waals surface area contributed by atoms with Crippen LogP contribution in [0.4, 0.5) is 5.69 Å². The molecular weight excluding hydrogens is 512 g/mol. The van der Waals surface area contributed by atoms with Crippen LogP contribution in [0.15, 0.2) is 79.1 Å². The van der Waals surface area contributed by atoms with Gasteiger partial charge in [0.1, 0.15) is 17.9 Å². The summed E-state index contributed by atoms with van der Waals surface area (Å²) in [6, 6.07) is 20.2. The molecule has 216 valence electrons. The Balaban J connectivity index is 1.47. The number of hydrogen-bond acceptors (Lipinski definition) is 5. The van der Waals surface area contributed by atoms with Gasteiger partial charge in [-0.15, -0.1) is 0 Å².